The highest BCUT2D eigenvalue weighted by Crippen LogP contribution is 2.30. The molecule has 1 saturated carbocycles. The third kappa shape index (κ3) is 2.69. The fourth-order valence-corrected chi connectivity index (χ4v) is 3.50. The first-order chi connectivity index (χ1) is 8.22. The van der Waals surface area contributed by atoms with Crippen LogP contribution in [0.1, 0.15) is 42.9 Å². The minimum absolute atomic E-state index is 0.401. The minimum Gasteiger partial charge on any atom is -0.304 e. The molecule has 2 atom stereocenters. The Bertz CT molecular complexity index is 386. The number of rotatable bonds is 4. The molecule has 2 heterocycles. The second-order valence-corrected chi connectivity index (χ2v) is 6.32. The van der Waals surface area contributed by atoms with Gasteiger partial charge in [0.05, 0.1) is 6.04 Å². The van der Waals surface area contributed by atoms with Gasteiger partial charge in [-0.05, 0) is 33.1 Å². The Kier molecular flexibility index (Phi) is 3.19. The fraction of sp³-hybridized carbons (Fsp3) is 0.769. The van der Waals surface area contributed by atoms with Gasteiger partial charge in [0.2, 0.25) is 0 Å². The number of nitrogens with zero attached hydrogens (tertiary/aromatic N) is 2. The van der Waals surface area contributed by atoms with E-state index in [0.29, 0.717) is 12.1 Å². The second-order valence-electron chi connectivity index (χ2n) is 5.43. The van der Waals surface area contributed by atoms with E-state index < -0.39 is 0 Å². The largest absolute Gasteiger partial charge is 0.304 e. The van der Waals surface area contributed by atoms with Crippen LogP contribution in [-0.4, -0.2) is 35.1 Å². The van der Waals surface area contributed by atoms with Gasteiger partial charge < -0.3 is 5.32 Å². The Labute approximate surface area is 107 Å². The van der Waals surface area contributed by atoms with Crippen LogP contribution >= 0.6 is 11.3 Å². The maximum Gasteiger partial charge on any atom is 0.110 e. The molecule has 0 aromatic carbocycles. The maximum atomic E-state index is 4.56. The predicted octanol–water partition coefficient (Wildman–Crippen LogP) is 2.34. The lowest BCUT2D eigenvalue weighted by Crippen LogP contribution is -2.34. The van der Waals surface area contributed by atoms with E-state index in [-0.39, 0.29) is 0 Å². The van der Waals surface area contributed by atoms with Crippen LogP contribution in [0.3, 0.4) is 0 Å². The molecule has 1 N–H and O–H groups in total. The fourth-order valence-electron chi connectivity index (χ4n) is 2.69. The minimum atomic E-state index is 0.401. The van der Waals surface area contributed by atoms with E-state index in [1.165, 1.54) is 37.4 Å². The quantitative estimate of drug-likeness (QED) is 0.890. The van der Waals surface area contributed by atoms with Crippen LogP contribution in [-0.2, 0) is 0 Å². The molecule has 2 fully saturated rings. The van der Waals surface area contributed by atoms with Crippen molar-refractivity contribution in [2.24, 2.45) is 0 Å². The van der Waals surface area contributed by atoms with Crippen LogP contribution in [0.5, 0.6) is 0 Å². The highest BCUT2D eigenvalue weighted by molar-refractivity contribution is 7.09. The average molecular weight is 251 g/mol. The van der Waals surface area contributed by atoms with Crippen LogP contribution in [0.25, 0.3) is 0 Å². The van der Waals surface area contributed by atoms with E-state index in [9.17, 15) is 0 Å². The lowest BCUT2D eigenvalue weighted by atomic mass is 10.2. The van der Waals surface area contributed by atoms with Gasteiger partial charge in [-0.3, -0.25) is 4.90 Å². The highest BCUT2D eigenvalue weighted by atomic mass is 32.1. The smallest absolute Gasteiger partial charge is 0.110 e. The van der Waals surface area contributed by atoms with E-state index in [0.717, 1.165) is 11.7 Å². The summed E-state index contributed by atoms with van der Waals surface area (Å²) in [6.45, 7) is 6.82. The van der Waals surface area contributed by atoms with Crippen molar-refractivity contribution in [2.45, 2.75) is 51.2 Å². The Morgan fingerprint density at radius 3 is 2.94 bits per heavy atom. The van der Waals surface area contributed by atoms with Crippen LogP contribution < -0.4 is 5.32 Å². The van der Waals surface area contributed by atoms with Crippen molar-refractivity contribution < 1.29 is 0 Å². The lowest BCUT2D eigenvalue weighted by molar-refractivity contribution is 0.313. The van der Waals surface area contributed by atoms with Crippen molar-refractivity contribution in [1.82, 2.24) is 15.2 Å². The summed E-state index contributed by atoms with van der Waals surface area (Å²) in [5, 5.41) is 7.09. The van der Waals surface area contributed by atoms with E-state index in [4.69, 9.17) is 0 Å². The Hall–Kier alpha value is -0.450. The standard InChI is InChI=1S/C13H21N3S/c1-9-8-17-13(14-9)10(2)15-11-5-6-16(7-11)12-3-4-12/h8,10-12,15H,3-7H2,1-2H3. The first-order valence-electron chi connectivity index (χ1n) is 6.64. The molecule has 0 radical (unpaired) electrons. The van der Waals surface area contributed by atoms with Gasteiger partial charge in [-0.2, -0.15) is 0 Å². The number of aromatic nitrogens is 1. The zero-order valence-electron chi connectivity index (χ0n) is 10.6. The molecule has 0 bridgehead atoms. The predicted molar refractivity (Wildman–Crippen MR) is 71.4 cm³/mol. The molecule has 94 valence electrons. The number of nitrogens with one attached hydrogen (secondary N) is 1. The van der Waals surface area contributed by atoms with Gasteiger partial charge in [-0.1, -0.05) is 0 Å². The molecule has 3 rings (SSSR count). The molecule has 1 aliphatic carbocycles. The number of thiazole rings is 1. The molecule has 17 heavy (non-hydrogen) atoms. The molecule has 1 aliphatic heterocycles. The molecule has 3 nitrogen and oxygen atoms in total. The summed E-state index contributed by atoms with van der Waals surface area (Å²) in [4.78, 5) is 7.21. The number of aryl methyl sites for hydroxylation is 1. The monoisotopic (exact) mass is 251 g/mol. The Balaban J connectivity index is 1.53. The summed E-state index contributed by atoms with van der Waals surface area (Å²) in [6.07, 6.45) is 4.15. The SMILES string of the molecule is Cc1csc(C(C)NC2CCN(C3CC3)C2)n1. The van der Waals surface area contributed by atoms with Crippen molar-refractivity contribution >= 4 is 11.3 Å². The zero-order valence-corrected chi connectivity index (χ0v) is 11.5. The van der Waals surface area contributed by atoms with Crippen molar-refractivity contribution in [3.05, 3.63) is 16.1 Å². The third-order valence-corrected chi connectivity index (χ3v) is 4.92. The van der Waals surface area contributed by atoms with Crippen molar-refractivity contribution in [1.29, 1.82) is 0 Å². The van der Waals surface area contributed by atoms with Crippen molar-refractivity contribution in [2.75, 3.05) is 13.1 Å². The normalized spacial score (nSPS) is 27.5. The second kappa shape index (κ2) is 4.67. The van der Waals surface area contributed by atoms with Gasteiger partial charge in [0.1, 0.15) is 5.01 Å². The van der Waals surface area contributed by atoms with Gasteiger partial charge >= 0.3 is 0 Å². The molecular formula is C13H21N3S. The van der Waals surface area contributed by atoms with Gasteiger partial charge in [0.15, 0.2) is 0 Å². The zero-order chi connectivity index (χ0) is 11.8. The summed E-state index contributed by atoms with van der Waals surface area (Å²) < 4.78 is 0. The number of hydrogen-bond donors (Lipinski definition) is 1. The van der Waals surface area contributed by atoms with Gasteiger partial charge in [-0.15, -0.1) is 11.3 Å². The van der Waals surface area contributed by atoms with Gasteiger partial charge in [0, 0.05) is 36.2 Å². The maximum absolute atomic E-state index is 4.56. The summed E-state index contributed by atoms with van der Waals surface area (Å²) in [5.74, 6) is 0. The molecule has 1 aromatic rings. The summed E-state index contributed by atoms with van der Waals surface area (Å²) >= 11 is 1.77. The third-order valence-electron chi connectivity index (χ3n) is 3.78. The molecule has 2 unspecified atom stereocenters. The van der Waals surface area contributed by atoms with Crippen molar-refractivity contribution in [3.8, 4) is 0 Å². The van der Waals surface area contributed by atoms with Crippen LogP contribution in [0.15, 0.2) is 5.38 Å². The van der Waals surface area contributed by atoms with Gasteiger partial charge in [0.25, 0.3) is 0 Å². The first kappa shape index (κ1) is 11.6. The van der Waals surface area contributed by atoms with E-state index in [1.807, 2.05) is 0 Å². The van der Waals surface area contributed by atoms with Crippen LogP contribution in [0.2, 0.25) is 0 Å². The highest BCUT2D eigenvalue weighted by Gasteiger charge is 2.34. The average Bonchev–Trinajstić information content (AvgIpc) is 2.90. The first-order valence-corrected chi connectivity index (χ1v) is 7.52. The Morgan fingerprint density at radius 2 is 2.29 bits per heavy atom. The Morgan fingerprint density at radius 1 is 1.47 bits per heavy atom. The molecule has 1 saturated heterocycles. The molecule has 1 aromatic heterocycles. The van der Waals surface area contributed by atoms with Crippen LogP contribution in [0, 0.1) is 6.92 Å². The number of hydrogen-bond acceptors (Lipinski definition) is 4. The molecule has 2 aliphatic rings. The van der Waals surface area contributed by atoms with E-state index in [1.54, 1.807) is 11.3 Å². The summed E-state index contributed by atoms with van der Waals surface area (Å²) in [5.41, 5.74) is 1.14. The van der Waals surface area contributed by atoms with Crippen LogP contribution in [0.4, 0.5) is 0 Å². The number of likely N-dealkylation sites (tertiary alicyclic amines) is 1. The van der Waals surface area contributed by atoms with Gasteiger partial charge in [-0.25, -0.2) is 4.98 Å². The van der Waals surface area contributed by atoms with E-state index in [2.05, 4.69) is 34.4 Å². The molecular weight excluding hydrogens is 230 g/mol. The molecule has 4 heteroatoms. The molecule has 0 spiro atoms. The lowest BCUT2D eigenvalue weighted by Gasteiger charge is -2.19. The van der Waals surface area contributed by atoms with E-state index >= 15 is 0 Å². The molecule has 0 amide bonds. The summed E-state index contributed by atoms with van der Waals surface area (Å²) in [7, 11) is 0. The van der Waals surface area contributed by atoms with Crippen molar-refractivity contribution in [3.63, 3.8) is 0 Å². The summed E-state index contributed by atoms with van der Waals surface area (Å²) in [6, 6.07) is 1.98. The topological polar surface area (TPSA) is 28.2 Å².